The lowest BCUT2D eigenvalue weighted by atomic mass is 9.83. The van der Waals surface area contributed by atoms with Gasteiger partial charge in [-0.05, 0) is 65.2 Å². The first-order valence-corrected chi connectivity index (χ1v) is 7.97. The number of carbonyl (C=O) groups is 1. The highest BCUT2D eigenvalue weighted by Gasteiger charge is 2.55. The van der Waals surface area contributed by atoms with E-state index in [4.69, 9.17) is 4.74 Å². The minimum Gasteiger partial charge on any atom is -0.444 e. The van der Waals surface area contributed by atoms with E-state index in [-0.39, 0.29) is 6.09 Å². The number of ether oxygens (including phenoxy) is 1. The van der Waals surface area contributed by atoms with E-state index in [1.807, 2.05) is 27.7 Å². The van der Waals surface area contributed by atoms with E-state index in [9.17, 15) is 4.79 Å². The van der Waals surface area contributed by atoms with Gasteiger partial charge in [0, 0.05) is 12.1 Å². The van der Waals surface area contributed by atoms with Crippen molar-refractivity contribution in [3.63, 3.8) is 0 Å². The summed E-state index contributed by atoms with van der Waals surface area (Å²) < 4.78 is 5.33. The average molecular weight is 292 g/mol. The lowest BCUT2D eigenvalue weighted by Gasteiger charge is -2.30. The summed E-state index contributed by atoms with van der Waals surface area (Å²) in [6, 6.07) is 0.892. The Kier molecular flexibility index (Phi) is 4.83. The Hall–Kier alpha value is -1.21. The van der Waals surface area contributed by atoms with Gasteiger partial charge in [-0.15, -0.1) is 5.92 Å². The maximum Gasteiger partial charge on any atom is 0.407 e. The second kappa shape index (κ2) is 6.27. The van der Waals surface area contributed by atoms with Crippen molar-refractivity contribution in [2.24, 2.45) is 5.41 Å². The number of rotatable bonds is 3. The first-order chi connectivity index (χ1) is 9.85. The molecule has 2 N–H and O–H groups in total. The quantitative estimate of drug-likeness (QED) is 0.786. The predicted molar refractivity (Wildman–Crippen MR) is 83.9 cm³/mol. The van der Waals surface area contributed by atoms with Gasteiger partial charge in [0.25, 0.3) is 0 Å². The Morgan fingerprint density at radius 3 is 2.57 bits per heavy atom. The van der Waals surface area contributed by atoms with Crippen LogP contribution in [0.3, 0.4) is 0 Å². The molecular weight excluding hydrogens is 264 g/mol. The Balaban J connectivity index is 1.71. The molecule has 2 aliphatic rings. The molecule has 2 rings (SSSR count). The van der Waals surface area contributed by atoms with E-state index in [0.29, 0.717) is 17.5 Å². The third-order valence-corrected chi connectivity index (χ3v) is 4.52. The van der Waals surface area contributed by atoms with Crippen molar-refractivity contribution in [3.05, 3.63) is 0 Å². The van der Waals surface area contributed by atoms with Crippen LogP contribution >= 0.6 is 0 Å². The summed E-state index contributed by atoms with van der Waals surface area (Å²) in [5.41, 5.74) is -0.0838. The lowest BCUT2D eigenvalue weighted by Crippen LogP contribution is -2.38. The zero-order valence-electron chi connectivity index (χ0n) is 13.7. The van der Waals surface area contributed by atoms with Crippen LogP contribution in [0.25, 0.3) is 0 Å². The Morgan fingerprint density at radius 2 is 2.00 bits per heavy atom. The number of hydrogen-bond acceptors (Lipinski definition) is 3. The highest BCUT2D eigenvalue weighted by Crippen LogP contribution is 2.56. The number of carbonyl (C=O) groups excluding carboxylic acids is 1. The second-order valence-corrected chi connectivity index (χ2v) is 7.35. The van der Waals surface area contributed by atoms with Gasteiger partial charge in [0.15, 0.2) is 0 Å². The maximum absolute atomic E-state index is 11.8. The third kappa shape index (κ3) is 4.64. The molecule has 1 atom stereocenters. The summed E-state index contributed by atoms with van der Waals surface area (Å²) in [6.07, 6.45) is 5.56. The fourth-order valence-electron chi connectivity index (χ4n) is 3.23. The molecular formula is C17H28N2O2. The van der Waals surface area contributed by atoms with Crippen LogP contribution in [0.4, 0.5) is 4.79 Å². The van der Waals surface area contributed by atoms with Gasteiger partial charge in [-0.3, -0.25) is 0 Å². The van der Waals surface area contributed by atoms with Gasteiger partial charge in [0.05, 0.1) is 6.54 Å². The van der Waals surface area contributed by atoms with E-state index in [2.05, 4.69) is 22.5 Å². The van der Waals surface area contributed by atoms with Crippen molar-refractivity contribution in [1.82, 2.24) is 10.6 Å². The van der Waals surface area contributed by atoms with Crippen LogP contribution in [0.1, 0.15) is 59.8 Å². The van der Waals surface area contributed by atoms with Gasteiger partial charge in [0.2, 0.25) is 0 Å². The minimum atomic E-state index is -0.423. The van der Waals surface area contributed by atoms with E-state index in [1.165, 1.54) is 25.7 Å². The molecule has 0 bridgehead atoms. The van der Waals surface area contributed by atoms with Gasteiger partial charge in [-0.1, -0.05) is 5.92 Å². The summed E-state index contributed by atoms with van der Waals surface area (Å²) in [5.74, 6) is 5.96. The van der Waals surface area contributed by atoms with Crippen LogP contribution in [-0.2, 0) is 4.74 Å². The summed E-state index contributed by atoms with van der Waals surface area (Å²) in [4.78, 5) is 11.8. The molecule has 2 saturated carbocycles. The van der Waals surface area contributed by atoms with Gasteiger partial charge in [-0.2, -0.15) is 0 Å². The van der Waals surface area contributed by atoms with Crippen LogP contribution < -0.4 is 10.6 Å². The molecule has 1 spiro atoms. The van der Waals surface area contributed by atoms with E-state index in [0.717, 1.165) is 13.0 Å². The maximum atomic E-state index is 11.8. The van der Waals surface area contributed by atoms with Crippen LogP contribution in [0.5, 0.6) is 0 Å². The fraction of sp³-hybridized carbons (Fsp3) is 0.824. The summed E-state index contributed by atoms with van der Waals surface area (Å²) in [5, 5.41) is 6.52. The number of alkyl carbamates (subject to hydrolysis) is 1. The molecule has 118 valence electrons. The molecule has 0 heterocycles. The molecule has 0 aliphatic heterocycles. The molecule has 0 aromatic heterocycles. The van der Waals surface area contributed by atoms with Crippen LogP contribution in [0.2, 0.25) is 0 Å². The Morgan fingerprint density at radius 1 is 1.33 bits per heavy atom. The van der Waals surface area contributed by atoms with Crippen LogP contribution in [0.15, 0.2) is 0 Å². The standard InChI is InChI=1S/C17H28N2O2/c1-5-6-11-18-13-7-9-17(10-8-13)12-14(17)19-15(20)21-16(2,3)4/h13-14,18H,7-12H2,1-4H3,(H,19,20). The van der Waals surface area contributed by atoms with E-state index >= 15 is 0 Å². The number of amides is 1. The van der Waals surface area contributed by atoms with Crippen molar-refractivity contribution in [1.29, 1.82) is 0 Å². The molecule has 0 aromatic rings. The van der Waals surface area contributed by atoms with E-state index in [1.54, 1.807) is 0 Å². The van der Waals surface area contributed by atoms with Crippen molar-refractivity contribution < 1.29 is 9.53 Å². The monoisotopic (exact) mass is 292 g/mol. The molecule has 0 saturated heterocycles. The third-order valence-electron chi connectivity index (χ3n) is 4.52. The van der Waals surface area contributed by atoms with Gasteiger partial charge >= 0.3 is 6.09 Å². The fourth-order valence-corrected chi connectivity index (χ4v) is 3.23. The van der Waals surface area contributed by atoms with Crippen molar-refractivity contribution >= 4 is 6.09 Å². The Labute approximate surface area is 128 Å². The first-order valence-electron chi connectivity index (χ1n) is 7.97. The van der Waals surface area contributed by atoms with Gasteiger partial charge in [-0.25, -0.2) is 4.79 Å². The molecule has 4 nitrogen and oxygen atoms in total. The zero-order valence-corrected chi connectivity index (χ0v) is 13.7. The minimum absolute atomic E-state index is 0.275. The molecule has 0 radical (unpaired) electrons. The molecule has 0 aromatic carbocycles. The first kappa shape index (κ1) is 16.2. The van der Waals surface area contributed by atoms with Crippen LogP contribution in [-0.4, -0.2) is 30.3 Å². The molecule has 4 heteroatoms. The van der Waals surface area contributed by atoms with Gasteiger partial charge < -0.3 is 15.4 Å². The molecule has 2 fully saturated rings. The largest absolute Gasteiger partial charge is 0.444 e. The highest BCUT2D eigenvalue weighted by atomic mass is 16.6. The average Bonchev–Trinajstić information content (AvgIpc) is 3.02. The van der Waals surface area contributed by atoms with Gasteiger partial charge in [0.1, 0.15) is 5.60 Å². The van der Waals surface area contributed by atoms with Crippen molar-refractivity contribution in [3.8, 4) is 11.8 Å². The van der Waals surface area contributed by atoms with Crippen LogP contribution in [0, 0.1) is 17.3 Å². The summed E-state index contributed by atoms with van der Waals surface area (Å²) in [7, 11) is 0. The van der Waals surface area contributed by atoms with Crippen molar-refractivity contribution in [2.45, 2.75) is 77.5 Å². The molecule has 1 amide bonds. The topological polar surface area (TPSA) is 50.4 Å². The SMILES string of the molecule is CC#CCNC1CCC2(CC1)CC2NC(=O)OC(C)(C)C. The smallest absolute Gasteiger partial charge is 0.407 e. The molecule has 1 unspecified atom stereocenters. The highest BCUT2D eigenvalue weighted by molar-refractivity contribution is 5.68. The molecule has 21 heavy (non-hydrogen) atoms. The second-order valence-electron chi connectivity index (χ2n) is 7.35. The van der Waals surface area contributed by atoms with E-state index < -0.39 is 5.60 Å². The number of nitrogens with one attached hydrogen (secondary N) is 2. The number of hydrogen-bond donors (Lipinski definition) is 2. The molecule has 2 aliphatic carbocycles. The summed E-state index contributed by atoms with van der Waals surface area (Å²) in [6.45, 7) is 8.34. The summed E-state index contributed by atoms with van der Waals surface area (Å²) >= 11 is 0. The lowest BCUT2D eigenvalue weighted by molar-refractivity contribution is 0.0512. The normalized spacial score (nSPS) is 31.2. The Bertz CT molecular complexity index is 434. The van der Waals surface area contributed by atoms with Crippen molar-refractivity contribution in [2.75, 3.05) is 6.54 Å². The zero-order chi connectivity index (χ0) is 15.5. The predicted octanol–water partition coefficient (Wildman–Crippen LogP) is 2.83.